The first-order chi connectivity index (χ1) is 17.6. The Hall–Kier alpha value is -3.16. The predicted octanol–water partition coefficient (Wildman–Crippen LogP) is 3.09. The van der Waals surface area contributed by atoms with Gasteiger partial charge < -0.3 is 15.5 Å². The number of nitrogens with one attached hydrogen (secondary N) is 2. The van der Waals surface area contributed by atoms with Gasteiger partial charge in [0.1, 0.15) is 18.1 Å². The number of halogens is 3. The molecule has 1 saturated carbocycles. The van der Waals surface area contributed by atoms with E-state index in [1.807, 2.05) is 31.3 Å². The normalized spacial score (nSPS) is 27.0. The number of carbonyl (C=O) groups excluding carboxylic acids is 3. The standard InChI is InChI=1S/C27H34F3N5O3/c1-25(2,3)21(34-24(38)27(28,29)30)23(37)35-13-17-18(26(17,4)5)20(35)22(36)33-16(12-31)11-15-9-8-14-7-6-10-32-19(14)15/h6-7,10,15-18,20-21H,8-9,11,13H2,1-5H3,(H,33,36)(H,34,38)/t15?,16?,17-,18-,20-,21+/m0/s1. The van der Waals surface area contributed by atoms with Gasteiger partial charge >= 0.3 is 12.1 Å². The molecule has 0 bridgehead atoms. The zero-order valence-electron chi connectivity index (χ0n) is 22.2. The zero-order chi connectivity index (χ0) is 28.2. The number of hydrogen-bond acceptors (Lipinski definition) is 5. The molecule has 38 heavy (non-hydrogen) atoms. The van der Waals surface area contributed by atoms with E-state index >= 15 is 0 Å². The van der Waals surface area contributed by atoms with E-state index < -0.39 is 47.4 Å². The van der Waals surface area contributed by atoms with Gasteiger partial charge in [-0.2, -0.15) is 18.4 Å². The molecule has 4 rings (SSSR count). The van der Waals surface area contributed by atoms with Crippen LogP contribution in [0.15, 0.2) is 18.3 Å². The van der Waals surface area contributed by atoms with Crippen LogP contribution in [0.25, 0.3) is 0 Å². The van der Waals surface area contributed by atoms with Gasteiger partial charge in [0, 0.05) is 24.4 Å². The minimum atomic E-state index is -5.15. The van der Waals surface area contributed by atoms with Gasteiger partial charge in [-0.3, -0.25) is 19.4 Å². The van der Waals surface area contributed by atoms with Crippen molar-refractivity contribution in [3.8, 4) is 6.07 Å². The summed E-state index contributed by atoms with van der Waals surface area (Å²) in [6, 6.07) is 2.77. The number of hydrogen-bond donors (Lipinski definition) is 2. The molecule has 1 aromatic rings. The molecule has 2 fully saturated rings. The number of nitrogens with zero attached hydrogens (tertiary/aromatic N) is 3. The Labute approximate surface area is 220 Å². The van der Waals surface area contributed by atoms with Crippen LogP contribution in [-0.4, -0.2) is 58.5 Å². The Morgan fingerprint density at radius 3 is 2.53 bits per heavy atom. The molecule has 8 nitrogen and oxygen atoms in total. The van der Waals surface area contributed by atoms with E-state index in [-0.39, 0.29) is 29.7 Å². The van der Waals surface area contributed by atoms with Gasteiger partial charge in [-0.25, -0.2) is 0 Å². The fraction of sp³-hybridized carbons (Fsp3) is 0.667. The number of amides is 3. The van der Waals surface area contributed by atoms with Crippen LogP contribution < -0.4 is 10.6 Å². The molecule has 2 heterocycles. The van der Waals surface area contributed by atoms with E-state index in [9.17, 15) is 32.8 Å². The zero-order valence-corrected chi connectivity index (χ0v) is 22.2. The number of piperidine rings is 1. The van der Waals surface area contributed by atoms with Crippen molar-refractivity contribution in [3.05, 3.63) is 29.6 Å². The predicted molar refractivity (Wildman–Crippen MR) is 131 cm³/mol. The molecule has 0 radical (unpaired) electrons. The van der Waals surface area contributed by atoms with Crippen molar-refractivity contribution >= 4 is 17.7 Å². The third-order valence-electron chi connectivity index (χ3n) is 8.47. The molecule has 11 heteroatoms. The average Bonchev–Trinajstić information content (AvgIpc) is 3.19. The number of likely N-dealkylation sites (tertiary alicyclic amines) is 1. The molecule has 1 aliphatic heterocycles. The topological polar surface area (TPSA) is 115 Å². The summed E-state index contributed by atoms with van der Waals surface area (Å²) in [5.74, 6) is -3.62. The quantitative estimate of drug-likeness (QED) is 0.583. The van der Waals surface area contributed by atoms with Crippen LogP contribution >= 0.6 is 0 Å². The molecule has 0 aromatic carbocycles. The molecular formula is C27H34F3N5O3. The number of pyridine rings is 1. The molecule has 0 spiro atoms. The number of nitriles is 1. The Bertz CT molecular complexity index is 1170. The van der Waals surface area contributed by atoms with E-state index in [0.717, 1.165) is 24.1 Å². The maximum Gasteiger partial charge on any atom is 0.471 e. The van der Waals surface area contributed by atoms with E-state index in [1.165, 1.54) is 4.90 Å². The molecule has 2 unspecified atom stereocenters. The van der Waals surface area contributed by atoms with Gasteiger partial charge in [0.05, 0.1) is 6.07 Å². The smallest absolute Gasteiger partial charge is 0.339 e. The lowest BCUT2D eigenvalue weighted by Crippen LogP contribution is -2.61. The van der Waals surface area contributed by atoms with Gasteiger partial charge in [-0.05, 0) is 53.6 Å². The van der Waals surface area contributed by atoms with Crippen LogP contribution in [0.4, 0.5) is 13.2 Å². The fourth-order valence-corrected chi connectivity index (χ4v) is 6.25. The van der Waals surface area contributed by atoms with E-state index in [4.69, 9.17) is 0 Å². The van der Waals surface area contributed by atoms with Crippen molar-refractivity contribution in [2.24, 2.45) is 22.7 Å². The molecule has 3 aliphatic rings. The highest BCUT2D eigenvalue weighted by Crippen LogP contribution is 2.65. The number of aromatic nitrogens is 1. The highest BCUT2D eigenvalue weighted by Gasteiger charge is 2.70. The SMILES string of the molecule is CC(C)(C)[C@H](NC(=O)C(F)(F)F)C(=O)N1C[C@H]2[C@@H]([C@H]1C(=O)NC(C#N)CC1CCc3cccnc31)C2(C)C. The maximum absolute atomic E-state index is 13.6. The Morgan fingerprint density at radius 1 is 1.24 bits per heavy atom. The van der Waals surface area contributed by atoms with Crippen LogP contribution in [0.3, 0.4) is 0 Å². The molecule has 1 saturated heterocycles. The van der Waals surface area contributed by atoms with Crippen LogP contribution in [0, 0.1) is 34.0 Å². The monoisotopic (exact) mass is 533 g/mol. The Kier molecular flexibility index (Phi) is 7.00. The van der Waals surface area contributed by atoms with Crippen molar-refractivity contribution in [1.29, 1.82) is 5.26 Å². The third-order valence-corrected chi connectivity index (χ3v) is 8.47. The molecule has 6 atom stereocenters. The molecular weight excluding hydrogens is 499 g/mol. The van der Waals surface area contributed by atoms with Crippen molar-refractivity contribution in [2.45, 2.75) is 84.1 Å². The van der Waals surface area contributed by atoms with Gasteiger partial charge in [-0.15, -0.1) is 0 Å². The van der Waals surface area contributed by atoms with Crippen LogP contribution in [0.1, 0.15) is 64.6 Å². The molecule has 3 amide bonds. The molecule has 206 valence electrons. The minimum absolute atomic E-state index is 0.00687. The number of alkyl halides is 3. The summed E-state index contributed by atoms with van der Waals surface area (Å²) >= 11 is 0. The molecule has 1 aromatic heterocycles. The summed E-state index contributed by atoms with van der Waals surface area (Å²) in [5.41, 5.74) is 0.780. The largest absolute Gasteiger partial charge is 0.471 e. The Balaban J connectivity index is 1.52. The van der Waals surface area contributed by atoms with E-state index in [0.29, 0.717) is 6.42 Å². The van der Waals surface area contributed by atoms with E-state index in [1.54, 1.807) is 27.0 Å². The van der Waals surface area contributed by atoms with Crippen LogP contribution in [-0.2, 0) is 20.8 Å². The number of rotatable bonds is 6. The summed E-state index contributed by atoms with van der Waals surface area (Å²) < 4.78 is 39.1. The van der Waals surface area contributed by atoms with E-state index in [2.05, 4.69) is 16.4 Å². The highest BCUT2D eigenvalue weighted by molar-refractivity contribution is 5.95. The average molecular weight is 534 g/mol. The van der Waals surface area contributed by atoms with Crippen molar-refractivity contribution < 1.29 is 27.6 Å². The first-order valence-corrected chi connectivity index (χ1v) is 12.9. The lowest BCUT2D eigenvalue weighted by Gasteiger charge is -2.37. The lowest BCUT2D eigenvalue weighted by molar-refractivity contribution is -0.176. The van der Waals surface area contributed by atoms with Gasteiger partial charge in [0.25, 0.3) is 0 Å². The van der Waals surface area contributed by atoms with Crippen molar-refractivity contribution in [1.82, 2.24) is 20.5 Å². The number of fused-ring (bicyclic) bond motifs is 2. The van der Waals surface area contributed by atoms with Gasteiger partial charge in [0.15, 0.2) is 0 Å². The first-order valence-electron chi connectivity index (χ1n) is 12.9. The second kappa shape index (κ2) is 9.54. The minimum Gasteiger partial charge on any atom is -0.339 e. The summed E-state index contributed by atoms with van der Waals surface area (Å²) in [7, 11) is 0. The van der Waals surface area contributed by atoms with Crippen molar-refractivity contribution in [3.63, 3.8) is 0 Å². The van der Waals surface area contributed by atoms with Gasteiger partial charge in [0.2, 0.25) is 11.8 Å². The van der Waals surface area contributed by atoms with Crippen LogP contribution in [0.2, 0.25) is 0 Å². The molecule has 2 N–H and O–H groups in total. The second-order valence-corrected chi connectivity index (χ2v) is 12.4. The lowest BCUT2D eigenvalue weighted by atomic mass is 9.85. The fourth-order valence-electron chi connectivity index (χ4n) is 6.25. The maximum atomic E-state index is 13.6. The number of carbonyl (C=O) groups is 3. The van der Waals surface area contributed by atoms with Crippen molar-refractivity contribution in [2.75, 3.05) is 6.54 Å². The summed E-state index contributed by atoms with van der Waals surface area (Å²) in [5, 5.41) is 14.5. The highest BCUT2D eigenvalue weighted by atomic mass is 19.4. The number of aryl methyl sites for hydroxylation is 1. The summed E-state index contributed by atoms with van der Waals surface area (Å²) in [4.78, 5) is 44.7. The first kappa shape index (κ1) is 27.9. The summed E-state index contributed by atoms with van der Waals surface area (Å²) in [6.45, 7) is 8.84. The summed E-state index contributed by atoms with van der Waals surface area (Å²) in [6.07, 6.45) is -1.41. The second-order valence-electron chi connectivity index (χ2n) is 12.4. The Morgan fingerprint density at radius 2 is 1.92 bits per heavy atom. The van der Waals surface area contributed by atoms with Crippen LogP contribution in [0.5, 0.6) is 0 Å². The third kappa shape index (κ3) is 5.09. The molecule has 2 aliphatic carbocycles. The van der Waals surface area contributed by atoms with Gasteiger partial charge in [-0.1, -0.05) is 40.7 Å².